The molecule has 0 aromatic heterocycles. The van der Waals surface area contributed by atoms with E-state index in [1.54, 1.807) is 4.90 Å². The molecule has 1 fully saturated rings. The Bertz CT molecular complexity index is 538. The first-order valence-electron chi connectivity index (χ1n) is 6.30. The summed E-state index contributed by atoms with van der Waals surface area (Å²) in [6.45, 7) is 5.09. The fourth-order valence-corrected chi connectivity index (χ4v) is 2.49. The van der Waals surface area contributed by atoms with E-state index in [2.05, 4.69) is 0 Å². The van der Waals surface area contributed by atoms with Gasteiger partial charge in [0.15, 0.2) is 0 Å². The molecule has 1 aliphatic heterocycles. The van der Waals surface area contributed by atoms with Crippen molar-refractivity contribution in [3.63, 3.8) is 0 Å². The Morgan fingerprint density at radius 3 is 2.45 bits per heavy atom. The second-order valence-corrected chi connectivity index (χ2v) is 5.87. The zero-order valence-corrected chi connectivity index (χ0v) is 11.3. The lowest BCUT2D eigenvalue weighted by Crippen LogP contribution is -2.25. The molecule has 1 aromatic rings. The van der Waals surface area contributed by atoms with Gasteiger partial charge in [0.25, 0.3) is 0 Å². The average molecular weight is 287 g/mol. The van der Waals surface area contributed by atoms with Crippen molar-refractivity contribution >= 4 is 11.7 Å². The second kappa shape index (κ2) is 4.68. The lowest BCUT2D eigenvalue weighted by Gasteiger charge is -2.25. The van der Waals surface area contributed by atoms with Gasteiger partial charge >= 0.3 is 12.1 Å². The van der Waals surface area contributed by atoms with Gasteiger partial charge in [-0.3, -0.25) is 0 Å². The van der Waals surface area contributed by atoms with E-state index in [1.165, 1.54) is 12.1 Å². The summed E-state index contributed by atoms with van der Waals surface area (Å²) in [5.74, 6) is -1.36. The monoisotopic (exact) mass is 287 g/mol. The molecule has 110 valence electrons. The SMILES string of the molecule is CC1(C)CCN(c2ccc(C(=O)O)cc2C(F)(F)F)C1. The van der Waals surface area contributed by atoms with Crippen molar-refractivity contribution in [2.24, 2.45) is 5.41 Å². The molecule has 0 spiro atoms. The quantitative estimate of drug-likeness (QED) is 0.902. The Balaban J connectivity index is 2.45. The van der Waals surface area contributed by atoms with E-state index in [1.807, 2.05) is 13.8 Å². The first-order chi connectivity index (χ1) is 9.10. The predicted octanol–water partition coefficient (Wildman–Crippen LogP) is 3.64. The number of hydrogen-bond acceptors (Lipinski definition) is 2. The fourth-order valence-electron chi connectivity index (χ4n) is 2.49. The minimum atomic E-state index is -4.56. The number of alkyl halides is 3. The van der Waals surface area contributed by atoms with Gasteiger partial charge in [-0.1, -0.05) is 13.8 Å². The molecule has 1 saturated heterocycles. The maximum Gasteiger partial charge on any atom is 0.418 e. The van der Waals surface area contributed by atoms with E-state index in [-0.39, 0.29) is 16.7 Å². The van der Waals surface area contributed by atoms with E-state index in [0.717, 1.165) is 6.42 Å². The van der Waals surface area contributed by atoms with Crippen LogP contribution in [-0.2, 0) is 6.18 Å². The lowest BCUT2D eigenvalue weighted by molar-refractivity contribution is -0.137. The molecule has 0 atom stereocenters. The van der Waals surface area contributed by atoms with Crippen LogP contribution >= 0.6 is 0 Å². The summed E-state index contributed by atoms with van der Waals surface area (Å²) >= 11 is 0. The summed E-state index contributed by atoms with van der Waals surface area (Å²) in [5.41, 5.74) is -1.20. The van der Waals surface area contributed by atoms with Gasteiger partial charge in [-0.25, -0.2) is 4.79 Å². The number of halogens is 3. The Hall–Kier alpha value is -1.72. The molecule has 6 heteroatoms. The molecule has 0 saturated carbocycles. The molecule has 1 aromatic carbocycles. The molecule has 20 heavy (non-hydrogen) atoms. The Kier molecular flexibility index (Phi) is 3.44. The third-order valence-corrected chi connectivity index (χ3v) is 3.57. The molecule has 0 radical (unpaired) electrons. The topological polar surface area (TPSA) is 40.5 Å². The lowest BCUT2D eigenvalue weighted by atomic mass is 9.93. The molecule has 3 nitrogen and oxygen atoms in total. The number of carbonyl (C=O) groups is 1. The van der Waals surface area contributed by atoms with Gasteiger partial charge in [-0.2, -0.15) is 13.2 Å². The van der Waals surface area contributed by atoms with E-state index < -0.39 is 17.7 Å². The summed E-state index contributed by atoms with van der Waals surface area (Å²) in [5, 5.41) is 8.83. The van der Waals surface area contributed by atoms with Crippen LogP contribution in [0.4, 0.5) is 18.9 Å². The predicted molar refractivity (Wildman–Crippen MR) is 69.0 cm³/mol. The normalized spacial score (nSPS) is 18.4. The van der Waals surface area contributed by atoms with E-state index >= 15 is 0 Å². The maximum atomic E-state index is 13.1. The highest BCUT2D eigenvalue weighted by Gasteiger charge is 2.38. The maximum absolute atomic E-state index is 13.1. The van der Waals surface area contributed by atoms with E-state index in [0.29, 0.717) is 19.2 Å². The number of carboxylic acids is 1. The Morgan fingerprint density at radius 2 is 2.00 bits per heavy atom. The van der Waals surface area contributed by atoms with Gasteiger partial charge in [0.2, 0.25) is 0 Å². The van der Waals surface area contributed by atoms with Crippen LogP contribution < -0.4 is 4.90 Å². The smallest absolute Gasteiger partial charge is 0.418 e. The molecule has 0 unspecified atom stereocenters. The first-order valence-corrected chi connectivity index (χ1v) is 6.30. The Labute approximate surface area is 115 Å². The van der Waals surface area contributed by atoms with Crippen molar-refractivity contribution in [3.8, 4) is 0 Å². The minimum Gasteiger partial charge on any atom is -0.478 e. The number of benzene rings is 1. The van der Waals surface area contributed by atoms with Gasteiger partial charge in [-0.15, -0.1) is 0 Å². The van der Waals surface area contributed by atoms with Crippen molar-refractivity contribution in [2.45, 2.75) is 26.4 Å². The van der Waals surface area contributed by atoms with Gasteiger partial charge in [0.05, 0.1) is 11.1 Å². The van der Waals surface area contributed by atoms with Crippen molar-refractivity contribution < 1.29 is 23.1 Å². The van der Waals surface area contributed by atoms with Crippen LogP contribution in [0.5, 0.6) is 0 Å². The van der Waals surface area contributed by atoms with Crippen LogP contribution in [-0.4, -0.2) is 24.2 Å². The van der Waals surface area contributed by atoms with Crippen LogP contribution in [0.3, 0.4) is 0 Å². The van der Waals surface area contributed by atoms with Crippen LogP contribution in [0.1, 0.15) is 36.2 Å². The molecular formula is C14H16F3NO2. The van der Waals surface area contributed by atoms with Gasteiger partial charge in [0.1, 0.15) is 0 Å². The largest absolute Gasteiger partial charge is 0.478 e. The first kappa shape index (κ1) is 14.7. The third kappa shape index (κ3) is 2.89. The van der Waals surface area contributed by atoms with Crippen molar-refractivity contribution in [1.82, 2.24) is 0 Å². The summed E-state index contributed by atoms with van der Waals surface area (Å²) in [6, 6.07) is 3.19. The highest BCUT2D eigenvalue weighted by Crippen LogP contribution is 2.41. The van der Waals surface area contributed by atoms with Crippen LogP contribution in [0, 0.1) is 5.41 Å². The summed E-state index contributed by atoms with van der Waals surface area (Å²) < 4.78 is 39.4. The highest BCUT2D eigenvalue weighted by atomic mass is 19.4. The van der Waals surface area contributed by atoms with Crippen molar-refractivity contribution in [2.75, 3.05) is 18.0 Å². The Morgan fingerprint density at radius 1 is 1.35 bits per heavy atom. The van der Waals surface area contributed by atoms with Crippen molar-refractivity contribution in [3.05, 3.63) is 29.3 Å². The number of rotatable bonds is 2. The van der Waals surface area contributed by atoms with Crippen LogP contribution in [0.15, 0.2) is 18.2 Å². The number of anilines is 1. The second-order valence-electron chi connectivity index (χ2n) is 5.87. The molecule has 1 aliphatic rings. The van der Waals surface area contributed by atoms with Crippen LogP contribution in [0.25, 0.3) is 0 Å². The number of carboxylic acid groups (broad SMARTS) is 1. The summed E-state index contributed by atoms with van der Waals surface area (Å²) in [6.07, 6.45) is -3.75. The van der Waals surface area contributed by atoms with Gasteiger partial charge < -0.3 is 10.0 Å². The van der Waals surface area contributed by atoms with E-state index in [9.17, 15) is 18.0 Å². The summed E-state index contributed by atoms with van der Waals surface area (Å²) in [4.78, 5) is 12.5. The molecule has 1 N–H and O–H groups in total. The standard InChI is InChI=1S/C14H16F3NO2/c1-13(2)5-6-18(8-13)11-4-3-9(12(19)20)7-10(11)14(15,16)17/h3-4,7H,5-6,8H2,1-2H3,(H,19,20). The third-order valence-electron chi connectivity index (χ3n) is 3.57. The zero-order chi connectivity index (χ0) is 15.1. The fraction of sp³-hybridized carbons (Fsp3) is 0.500. The molecular weight excluding hydrogens is 271 g/mol. The average Bonchev–Trinajstić information content (AvgIpc) is 2.67. The van der Waals surface area contributed by atoms with Crippen LogP contribution in [0.2, 0.25) is 0 Å². The zero-order valence-electron chi connectivity index (χ0n) is 11.3. The number of aromatic carboxylic acids is 1. The highest BCUT2D eigenvalue weighted by molar-refractivity contribution is 5.88. The molecule has 2 rings (SSSR count). The molecule has 1 heterocycles. The van der Waals surface area contributed by atoms with Gasteiger partial charge in [0, 0.05) is 18.8 Å². The molecule has 0 amide bonds. The molecule has 0 aliphatic carbocycles. The van der Waals surface area contributed by atoms with Crippen molar-refractivity contribution in [1.29, 1.82) is 0 Å². The number of nitrogens with zero attached hydrogens (tertiary/aromatic N) is 1. The minimum absolute atomic E-state index is 0.0334. The summed E-state index contributed by atoms with van der Waals surface area (Å²) in [7, 11) is 0. The van der Waals surface area contributed by atoms with Gasteiger partial charge in [-0.05, 0) is 30.0 Å². The number of hydrogen-bond donors (Lipinski definition) is 1. The van der Waals surface area contributed by atoms with E-state index in [4.69, 9.17) is 5.11 Å². The molecule has 0 bridgehead atoms.